The van der Waals surface area contributed by atoms with Gasteiger partial charge in [0.15, 0.2) is 5.11 Å². The van der Waals surface area contributed by atoms with Crippen molar-refractivity contribution in [3.05, 3.63) is 53.6 Å². The summed E-state index contributed by atoms with van der Waals surface area (Å²) in [5, 5.41) is 6.10. The summed E-state index contributed by atoms with van der Waals surface area (Å²) in [6.45, 7) is 10.9. The lowest BCUT2D eigenvalue weighted by atomic mass is 9.87. The van der Waals surface area contributed by atoms with Crippen molar-refractivity contribution in [3.8, 4) is 11.5 Å². The van der Waals surface area contributed by atoms with Crippen LogP contribution < -0.4 is 20.1 Å². The van der Waals surface area contributed by atoms with E-state index in [0.717, 1.165) is 23.4 Å². The molecule has 2 aromatic rings. The van der Waals surface area contributed by atoms with Crippen molar-refractivity contribution >= 4 is 28.9 Å². The van der Waals surface area contributed by atoms with Crippen molar-refractivity contribution in [2.75, 3.05) is 18.5 Å². The molecular weight excluding hydrogens is 396 g/mol. The molecule has 2 aromatic carbocycles. The van der Waals surface area contributed by atoms with Gasteiger partial charge in [0, 0.05) is 5.41 Å². The standard InChI is InChI=1S/C24H32N2O3S/c1-6-28-20-11-8-7-10-19(20)25-23(30)26-22(27)24(4,5)14-9-15-29-21-16-17(2)12-13-18(21)3/h7-8,10-13,16H,6,9,14-15H2,1-5H3,(H2,25,26,27,30). The first-order valence-electron chi connectivity index (χ1n) is 10.3. The highest BCUT2D eigenvalue weighted by molar-refractivity contribution is 7.80. The molecule has 0 aromatic heterocycles. The highest BCUT2D eigenvalue weighted by Crippen LogP contribution is 2.26. The predicted molar refractivity (Wildman–Crippen MR) is 126 cm³/mol. The van der Waals surface area contributed by atoms with Crippen LogP contribution in [0.2, 0.25) is 0 Å². The number of hydrogen-bond acceptors (Lipinski definition) is 4. The first-order valence-corrected chi connectivity index (χ1v) is 10.7. The molecule has 0 aliphatic carbocycles. The van der Waals surface area contributed by atoms with Gasteiger partial charge in [-0.3, -0.25) is 4.79 Å². The lowest BCUT2D eigenvalue weighted by Crippen LogP contribution is -2.42. The quantitative estimate of drug-likeness (QED) is 0.414. The molecule has 0 unspecified atom stereocenters. The number of para-hydroxylation sites is 2. The summed E-state index contributed by atoms with van der Waals surface area (Å²) in [6.07, 6.45) is 1.45. The number of carbonyl (C=O) groups is 1. The van der Waals surface area contributed by atoms with Gasteiger partial charge < -0.3 is 20.1 Å². The molecule has 5 nitrogen and oxygen atoms in total. The second kappa shape index (κ2) is 11.0. The SMILES string of the molecule is CCOc1ccccc1NC(=S)NC(=O)C(C)(C)CCCOc1cc(C)ccc1C. The first kappa shape index (κ1) is 23.7. The number of aryl methyl sites for hydroxylation is 2. The van der Waals surface area contributed by atoms with E-state index in [9.17, 15) is 4.79 Å². The van der Waals surface area contributed by atoms with Gasteiger partial charge in [-0.05, 0) is 75.2 Å². The number of nitrogens with one attached hydrogen (secondary N) is 2. The predicted octanol–water partition coefficient (Wildman–Crippen LogP) is 5.40. The molecular formula is C24H32N2O3S. The highest BCUT2D eigenvalue weighted by Gasteiger charge is 2.28. The van der Waals surface area contributed by atoms with Gasteiger partial charge >= 0.3 is 0 Å². The Morgan fingerprint density at radius 2 is 1.80 bits per heavy atom. The molecule has 0 heterocycles. The number of carbonyl (C=O) groups excluding carboxylic acids is 1. The van der Waals surface area contributed by atoms with E-state index >= 15 is 0 Å². The molecule has 0 spiro atoms. The highest BCUT2D eigenvalue weighted by atomic mass is 32.1. The maximum atomic E-state index is 12.7. The maximum Gasteiger partial charge on any atom is 0.231 e. The number of rotatable bonds is 9. The summed E-state index contributed by atoms with van der Waals surface area (Å²) >= 11 is 5.33. The van der Waals surface area contributed by atoms with Crippen LogP contribution in [0.3, 0.4) is 0 Å². The van der Waals surface area contributed by atoms with Gasteiger partial charge in [0.05, 0.1) is 18.9 Å². The number of thiocarbonyl (C=S) groups is 1. The van der Waals surface area contributed by atoms with Crippen LogP contribution in [0, 0.1) is 19.3 Å². The second-order valence-electron chi connectivity index (χ2n) is 7.94. The number of anilines is 1. The van der Waals surface area contributed by atoms with Gasteiger partial charge in [-0.15, -0.1) is 0 Å². The topological polar surface area (TPSA) is 59.6 Å². The Bertz CT molecular complexity index is 881. The van der Waals surface area contributed by atoms with E-state index in [-0.39, 0.29) is 11.0 Å². The minimum absolute atomic E-state index is 0.124. The van der Waals surface area contributed by atoms with Crippen LogP contribution in [0.5, 0.6) is 11.5 Å². The lowest BCUT2D eigenvalue weighted by molar-refractivity contribution is -0.128. The van der Waals surface area contributed by atoms with Gasteiger partial charge in [0.25, 0.3) is 0 Å². The minimum Gasteiger partial charge on any atom is -0.493 e. The molecule has 0 atom stereocenters. The van der Waals surface area contributed by atoms with Gasteiger partial charge in [-0.1, -0.05) is 38.1 Å². The Hall–Kier alpha value is -2.60. The lowest BCUT2D eigenvalue weighted by Gasteiger charge is -2.24. The van der Waals surface area contributed by atoms with E-state index in [2.05, 4.69) is 22.8 Å². The van der Waals surface area contributed by atoms with Crippen LogP contribution >= 0.6 is 12.2 Å². The average molecular weight is 429 g/mol. The third-order valence-electron chi connectivity index (χ3n) is 4.82. The van der Waals surface area contributed by atoms with E-state index in [1.165, 1.54) is 5.56 Å². The third-order valence-corrected chi connectivity index (χ3v) is 5.03. The minimum atomic E-state index is -0.573. The molecule has 0 aliphatic heterocycles. The van der Waals surface area contributed by atoms with E-state index in [4.69, 9.17) is 21.7 Å². The van der Waals surface area contributed by atoms with Gasteiger partial charge in [-0.25, -0.2) is 0 Å². The molecule has 162 valence electrons. The number of ether oxygens (including phenoxy) is 2. The Morgan fingerprint density at radius 1 is 1.07 bits per heavy atom. The Kier molecular flexibility index (Phi) is 8.66. The largest absolute Gasteiger partial charge is 0.493 e. The van der Waals surface area contributed by atoms with E-state index < -0.39 is 5.41 Å². The molecule has 2 rings (SSSR count). The smallest absolute Gasteiger partial charge is 0.231 e. The molecule has 0 fully saturated rings. The van der Waals surface area contributed by atoms with Gasteiger partial charge in [0.2, 0.25) is 5.91 Å². The fraction of sp³-hybridized carbons (Fsp3) is 0.417. The van der Waals surface area contributed by atoms with Crippen LogP contribution in [-0.4, -0.2) is 24.2 Å². The molecule has 1 amide bonds. The zero-order chi connectivity index (χ0) is 22.1. The summed E-state index contributed by atoms with van der Waals surface area (Å²) in [5.41, 5.74) is 2.43. The third kappa shape index (κ3) is 7.02. The average Bonchev–Trinajstić information content (AvgIpc) is 2.69. The molecule has 0 bridgehead atoms. The fourth-order valence-electron chi connectivity index (χ4n) is 2.95. The normalized spacial score (nSPS) is 11.0. The number of amides is 1. The summed E-state index contributed by atoms with van der Waals surface area (Å²) < 4.78 is 11.5. The molecule has 2 N–H and O–H groups in total. The van der Waals surface area contributed by atoms with Crippen LogP contribution in [0.15, 0.2) is 42.5 Å². The summed E-state index contributed by atoms with van der Waals surface area (Å²) in [6, 6.07) is 13.7. The zero-order valence-corrected chi connectivity index (χ0v) is 19.3. The first-order chi connectivity index (χ1) is 14.2. The Morgan fingerprint density at radius 3 is 2.53 bits per heavy atom. The van der Waals surface area contributed by atoms with Gasteiger partial charge in [-0.2, -0.15) is 0 Å². The van der Waals surface area contributed by atoms with Crippen LogP contribution in [0.25, 0.3) is 0 Å². The van der Waals surface area contributed by atoms with Crippen LogP contribution in [0.1, 0.15) is 44.7 Å². The van der Waals surface area contributed by atoms with Crippen LogP contribution in [0.4, 0.5) is 5.69 Å². The molecule has 0 saturated heterocycles. The van der Waals surface area contributed by atoms with Crippen molar-refractivity contribution in [2.45, 2.75) is 47.5 Å². The number of hydrogen-bond donors (Lipinski definition) is 2. The van der Waals surface area contributed by atoms with Crippen molar-refractivity contribution < 1.29 is 14.3 Å². The van der Waals surface area contributed by atoms with Crippen molar-refractivity contribution in [1.29, 1.82) is 0 Å². The van der Waals surface area contributed by atoms with E-state index in [1.54, 1.807) is 0 Å². The zero-order valence-electron chi connectivity index (χ0n) is 18.5. The van der Waals surface area contributed by atoms with Gasteiger partial charge in [0.1, 0.15) is 11.5 Å². The molecule has 0 radical (unpaired) electrons. The Labute approximate surface area is 185 Å². The van der Waals surface area contributed by atoms with Crippen molar-refractivity contribution in [2.24, 2.45) is 5.41 Å². The molecule has 0 saturated carbocycles. The fourth-order valence-corrected chi connectivity index (χ4v) is 3.15. The second-order valence-corrected chi connectivity index (χ2v) is 8.35. The van der Waals surface area contributed by atoms with E-state index in [0.29, 0.717) is 25.4 Å². The van der Waals surface area contributed by atoms with Crippen molar-refractivity contribution in [3.63, 3.8) is 0 Å². The number of benzene rings is 2. The van der Waals surface area contributed by atoms with E-state index in [1.807, 2.05) is 65.0 Å². The summed E-state index contributed by atoms with van der Waals surface area (Å²) in [4.78, 5) is 12.7. The summed E-state index contributed by atoms with van der Waals surface area (Å²) in [7, 11) is 0. The molecule has 0 aliphatic rings. The maximum absolute atomic E-state index is 12.7. The molecule has 6 heteroatoms. The Balaban J connectivity index is 1.83. The van der Waals surface area contributed by atoms with Crippen LogP contribution in [-0.2, 0) is 4.79 Å². The monoisotopic (exact) mass is 428 g/mol. The van der Waals surface area contributed by atoms with Crippen molar-refractivity contribution in [1.82, 2.24) is 5.32 Å². The molecule has 30 heavy (non-hydrogen) atoms. The summed E-state index contributed by atoms with van der Waals surface area (Å²) in [5.74, 6) is 1.47.